The van der Waals surface area contributed by atoms with Gasteiger partial charge in [0, 0.05) is 7.11 Å². The van der Waals surface area contributed by atoms with Crippen LogP contribution in [0.3, 0.4) is 0 Å². The minimum absolute atomic E-state index is 0.121. The maximum absolute atomic E-state index is 11.4. The van der Waals surface area contributed by atoms with E-state index in [2.05, 4.69) is 36.4 Å². The van der Waals surface area contributed by atoms with Crippen LogP contribution in [0.5, 0.6) is 0 Å². The van der Waals surface area contributed by atoms with Crippen molar-refractivity contribution in [3.05, 3.63) is 70.8 Å². The summed E-state index contributed by atoms with van der Waals surface area (Å²) in [5.41, 5.74) is 7.65. The second kappa shape index (κ2) is 8.05. The Morgan fingerprint density at radius 2 is 1.34 bits per heavy atom. The van der Waals surface area contributed by atoms with Gasteiger partial charge in [0.15, 0.2) is 0 Å². The molecule has 0 atom stereocenters. The maximum atomic E-state index is 11.4. The molecular formula is C24H29NO3S. The number of nitrogens with two attached hydrogens (primary N) is 1. The molecular weight excluding hydrogens is 382 g/mol. The molecule has 1 fully saturated rings. The highest BCUT2D eigenvalue weighted by Gasteiger charge is 2.41. The molecule has 0 heterocycles. The zero-order valence-corrected chi connectivity index (χ0v) is 17.8. The highest BCUT2D eigenvalue weighted by molar-refractivity contribution is 7.88. The first-order valence-electron chi connectivity index (χ1n) is 10.3. The van der Waals surface area contributed by atoms with Crippen molar-refractivity contribution in [1.29, 1.82) is 0 Å². The van der Waals surface area contributed by atoms with Gasteiger partial charge in [-0.25, -0.2) is 13.6 Å². The summed E-state index contributed by atoms with van der Waals surface area (Å²) in [6, 6.07) is 16.6. The van der Waals surface area contributed by atoms with Crippen LogP contribution in [0.25, 0.3) is 11.1 Å². The van der Waals surface area contributed by atoms with Crippen LogP contribution in [0, 0.1) is 5.41 Å². The smallest absolute Gasteiger partial charge is 0.213 e. The molecule has 2 aromatic rings. The largest absolute Gasteiger partial charge is 0.380 e. The molecule has 2 aliphatic rings. The maximum Gasteiger partial charge on any atom is 0.213 e. The number of hydrogen-bond acceptors (Lipinski definition) is 3. The van der Waals surface area contributed by atoms with Crippen LogP contribution >= 0.6 is 0 Å². The van der Waals surface area contributed by atoms with E-state index in [4.69, 9.17) is 9.88 Å². The Morgan fingerprint density at radius 3 is 1.79 bits per heavy atom. The molecule has 0 aromatic heterocycles. The lowest BCUT2D eigenvalue weighted by atomic mass is 9.81. The molecule has 4 nitrogen and oxygen atoms in total. The van der Waals surface area contributed by atoms with Crippen LogP contribution in [0.2, 0.25) is 0 Å². The number of benzene rings is 2. The van der Waals surface area contributed by atoms with Crippen LogP contribution in [0.1, 0.15) is 60.8 Å². The summed E-state index contributed by atoms with van der Waals surface area (Å²) in [4.78, 5) is 0. The van der Waals surface area contributed by atoms with Crippen molar-refractivity contribution in [2.24, 2.45) is 10.6 Å². The summed E-state index contributed by atoms with van der Waals surface area (Å²) < 4.78 is 28.0. The molecule has 0 saturated heterocycles. The Kier molecular flexibility index (Phi) is 5.65. The van der Waals surface area contributed by atoms with E-state index in [-0.39, 0.29) is 5.75 Å². The molecule has 0 aliphatic heterocycles. The van der Waals surface area contributed by atoms with E-state index < -0.39 is 10.0 Å². The van der Waals surface area contributed by atoms with Crippen molar-refractivity contribution in [2.45, 2.75) is 50.9 Å². The number of methoxy groups -OCH3 is 1. The SMILES string of the molecule is COCc1ccc(C2=C(c3ccc(CS(N)(=O)=O)cc3)CC3(CCCC3)C2)cc1. The summed E-state index contributed by atoms with van der Waals surface area (Å²) in [7, 11) is -1.79. The van der Waals surface area contributed by atoms with Gasteiger partial charge in [-0.05, 0) is 64.5 Å². The lowest BCUT2D eigenvalue weighted by Crippen LogP contribution is -2.14. The van der Waals surface area contributed by atoms with E-state index in [9.17, 15) is 8.42 Å². The standard InChI is InChI=1S/C24H29NO3S/c1-28-16-18-4-8-20(9-5-18)22-14-24(12-2-3-13-24)15-23(22)21-10-6-19(7-11-21)17-29(25,26)27/h4-11H,2-3,12-17H2,1H3,(H2,25,26,27). The third-order valence-electron chi connectivity index (χ3n) is 6.42. The number of primary sulfonamides is 1. The van der Waals surface area contributed by atoms with Gasteiger partial charge in [-0.2, -0.15) is 0 Å². The fraction of sp³-hybridized carbons (Fsp3) is 0.417. The van der Waals surface area contributed by atoms with Crippen LogP contribution in [0.15, 0.2) is 48.5 Å². The van der Waals surface area contributed by atoms with Gasteiger partial charge in [-0.3, -0.25) is 0 Å². The first kappa shape index (κ1) is 20.3. The minimum atomic E-state index is -3.51. The molecule has 0 bridgehead atoms. The molecule has 1 saturated carbocycles. The normalized spacial score (nSPS) is 18.7. The van der Waals surface area contributed by atoms with Crippen molar-refractivity contribution in [2.75, 3.05) is 7.11 Å². The molecule has 154 valence electrons. The predicted molar refractivity (Wildman–Crippen MR) is 117 cm³/mol. The number of hydrogen-bond donors (Lipinski definition) is 1. The second-order valence-corrected chi connectivity index (χ2v) is 10.3. The van der Waals surface area contributed by atoms with Crippen LogP contribution in [-0.2, 0) is 27.1 Å². The monoisotopic (exact) mass is 411 g/mol. The molecule has 2 N–H and O–H groups in total. The topological polar surface area (TPSA) is 69.4 Å². The van der Waals surface area contributed by atoms with E-state index in [1.165, 1.54) is 53.5 Å². The highest BCUT2D eigenvalue weighted by Crippen LogP contribution is 2.57. The number of sulfonamides is 1. The zero-order chi connectivity index (χ0) is 20.5. The molecule has 0 amide bonds. The lowest BCUT2D eigenvalue weighted by Gasteiger charge is -2.23. The Hall–Kier alpha value is -1.95. The van der Waals surface area contributed by atoms with Gasteiger partial charge in [0.2, 0.25) is 10.0 Å². The van der Waals surface area contributed by atoms with Gasteiger partial charge in [0.25, 0.3) is 0 Å². The molecule has 2 aromatic carbocycles. The molecule has 0 radical (unpaired) electrons. The summed E-state index contributed by atoms with van der Waals surface area (Å²) in [6.07, 6.45) is 7.47. The first-order valence-corrected chi connectivity index (χ1v) is 12.0. The Labute approximate surface area is 173 Å². The van der Waals surface area contributed by atoms with Gasteiger partial charge in [-0.1, -0.05) is 61.4 Å². The van der Waals surface area contributed by atoms with Crippen molar-refractivity contribution < 1.29 is 13.2 Å². The fourth-order valence-electron chi connectivity index (χ4n) is 5.06. The Morgan fingerprint density at radius 1 is 0.862 bits per heavy atom. The first-order chi connectivity index (χ1) is 13.9. The van der Waals surface area contributed by atoms with Crippen LogP contribution < -0.4 is 5.14 Å². The van der Waals surface area contributed by atoms with Crippen molar-refractivity contribution >= 4 is 21.2 Å². The molecule has 5 heteroatoms. The van der Waals surface area contributed by atoms with Crippen molar-refractivity contribution in [3.63, 3.8) is 0 Å². The highest BCUT2D eigenvalue weighted by atomic mass is 32.2. The molecule has 29 heavy (non-hydrogen) atoms. The van der Waals surface area contributed by atoms with Gasteiger partial charge in [-0.15, -0.1) is 0 Å². The molecule has 0 unspecified atom stereocenters. The number of allylic oxidation sites excluding steroid dienone is 2. The number of rotatable bonds is 6. The Bertz CT molecular complexity index is 999. The van der Waals surface area contributed by atoms with E-state index in [1.807, 2.05) is 12.1 Å². The summed E-state index contributed by atoms with van der Waals surface area (Å²) in [5, 5.41) is 5.19. The average Bonchev–Trinajstić information content (AvgIpc) is 3.29. The van der Waals surface area contributed by atoms with Crippen LogP contribution in [-0.4, -0.2) is 15.5 Å². The van der Waals surface area contributed by atoms with Gasteiger partial charge < -0.3 is 4.74 Å². The lowest BCUT2D eigenvalue weighted by molar-refractivity contribution is 0.185. The number of ether oxygens (including phenoxy) is 1. The van der Waals surface area contributed by atoms with Gasteiger partial charge >= 0.3 is 0 Å². The average molecular weight is 412 g/mol. The van der Waals surface area contributed by atoms with E-state index in [0.717, 1.165) is 18.4 Å². The third-order valence-corrected chi connectivity index (χ3v) is 7.15. The Balaban J connectivity index is 1.68. The quantitative estimate of drug-likeness (QED) is 0.736. The third kappa shape index (κ3) is 4.63. The van der Waals surface area contributed by atoms with Gasteiger partial charge in [0.1, 0.15) is 0 Å². The van der Waals surface area contributed by atoms with Crippen LogP contribution in [0.4, 0.5) is 0 Å². The minimum Gasteiger partial charge on any atom is -0.380 e. The summed E-state index contributed by atoms with van der Waals surface area (Å²) in [5.74, 6) is -0.121. The van der Waals surface area contributed by atoms with E-state index in [0.29, 0.717) is 12.0 Å². The van der Waals surface area contributed by atoms with E-state index >= 15 is 0 Å². The van der Waals surface area contributed by atoms with Crippen molar-refractivity contribution in [1.82, 2.24) is 0 Å². The van der Waals surface area contributed by atoms with Gasteiger partial charge in [0.05, 0.1) is 12.4 Å². The molecule has 4 rings (SSSR count). The molecule has 1 spiro atoms. The van der Waals surface area contributed by atoms with Crippen molar-refractivity contribution in [3.8, 4) is 0 Å². The summed E-state index contributed by atoms with van der Waals surface area (Å²) in [6.45, 7) is 0.627. The fourth-order valence-corrected chi connectivity index (χ4v) is 5.72. The summed E-state index contributed by atoms with van der Waals surface area (Å²) >= 11 is 0. The second-order valence-electron chi connectivity index (χ2n) is 8.65. The van der Waals surface area contributed by atoms with E-state index in [1.54, 1.807) is 7.11 Å². The predicted octanol–water partition coefficient (Wildman–Crippen LogP) is 4.89. The zero-order valence-electron chi connectivity index (χ0n) is 17.0. The molecule has 2 aliphatic carbocycles.